The highest BCUT2D eigenvalue weighted by Crippen LogP contribution is 2.48. The van der Waals surface area contributed by atoms with E-state index < -0.39 is 17.3 Å². The third kappa shape index (κ3) is 3.96. The number of hydrogen-bond acceptors (Lipinski definition) is 2. The largest absolute Gasteiger partial charge is 0.481 e. The molecule has 0 aromatic heterocycles. The molecule has 0 bridgehead atoms. The van der Waals surface area contributed by atoms with E-state index in [9.17, 15) is 14.7 Å². The van der Waals surface area contributed by atoms with Gasteiger partial charge in [0.2, 0.25) is 0 Å². The maximum Gasteiger partial charge on any atom is 0.307 e. The number of hydrogen-bond donors (Lipinski definition) is 1. The van der Waals surface area contributed by atoms with Crippen molar-refractivity contribution in [3.8, 4) is 0 Å². The maximum atomic E-state index is 13.7. The molecular formula is C22H32O3. The highest BCUT2D eigenvalue weighted by atomic mass is 16.4. The van der Waals surface area contributed by atoms with Gasteiger partial charge in [-0.1, -0.05) is 50.8 Å². The van der Waals surface area contributed by atoms with Crippen LogP contribution in [0.5, 0.6) is 0 Å². The predicted octanol–water partition coefficient (Wildman–Crippen LogP) is 5.49. The molecule has 0 heterocycles. The lowest BCUT2D eigenvalue weighted by atomic mass is 9.60. The van der Waals surface area contributed by atoms with Gasteiger partial charge >= 0.3 is 5.97 Å². The quantitative estimate of drug-likeness (QED) is 0.694. The van der Waals surface area contributed by atoms with Crippen molar-refractivity contribution in [1.29, 1.82) is 0 Å². The number of aliphatic carboxylic acids is 1. The first-order valence-corrected chi connectivity index (χ1v) is 9.54. The van der Waals surface area contributed by atoms with Gasteiger partial charge in [0, 0.05) is 11.0 Å². The Morgan fingerprint density at radius 1 is 1.04 bits per heavy atom. The number of carbonyl (C=O) groups excluding carboxylic acids is 1. The average Bonchev–Trinajstić information content (AvgIpc) is 2.51. The van der Waals surface area contributed by atoms with Gasteiger partial charge in [-0.3, -0.25) is 9.59 Å². The summed E-state index contributed by atoms with van der Waals surface area (Å²) >= 11 is 0. The minimum Gasteiger partial charge on any atom is -0.481 e. The number of carbonyl (C=O) groups is 2. The molecule has 3 nitrogen and oxygen atoms in total. The number of rotatable bonds is 6. The van der Waals surface area contributed by atoms with Crippen molar-refractivity contribution in [2.45, 2.75) is 73.1 Å². The second kappa shape index (κ2) is 7.72. The molecule has 2 rings (SSSR count). The molecule has 25 heavy (non-hydrogen) atoms. The summed E-state index contributed by atoms with van der Waals surface area (Å²) in [6, 6.07) is 4.07. The topological polar surface area (TPSA) is 54.4 Å². The van der Waals surface area contributed by atoms with Crippen molar-refractivity contribution in [3.63, 3.8) is 0 Å². The zero-order valence-electron chi connectivity index (χ0n) is 16.3. The summed E-state index contributed by atoms with van der Waals surface area (Å²) in [5, 5.41) is 9.97. The zero-order valence-corrected chi connectivity index (χ0v) is 16.3. The SMILES string of the molecule is Cc1cc(C)c(C(=O)C2(C(CC(C)C)C(=O)O)CCCCC2)c(C)c1. The number of aryl methyl sites for hydroxylation is 3. The van der Waals surface area contributed by atoms with Gasteiger partial charge in [-0.05, 0) is 57.1 Å². The van der Waals surface area contributed by atoms with Gasteiger partial charge in [0.25, 0.3) is 0 Å². The van der Waals surface area contributed by atoms with Gasteiger partial charge < -0.3 is 5.11 Å². The Morgan fingerprint density at radius 3 is 2.00 bits per heavy atom. The van der Waals surface area contributed by atoms with E-state index in [1.165, 1.54) is 0 Å². The first kappa shape index (κ1) is 19.7. The molecule has 0 amide bonds. The van der Waals surface area contributed by atoms with E-state index in [1.54, 1.807) is 0 Å². The lowest BCUT2D eigenvalue weighted by Gasteiger charge is -2.41. The minimum absolute atomic E-state index is 0.0650. The fourth-order valence-corrected chi connectivity index (χ4v) is 4.74. The summed E-state index contributed by atoms with van der Waals surface area (Å²) in [6.45, 7) is 10.1. The van der Waals surface area contributed by atoms with E-state index in [0.29, 0.717) is 19.3 Å². The Labute approximate surface area is 151 Å². The summed E-state index contributed by atoms with van der Waals surface area (Å²) in [7, 11) is 0. The van der Waals surface area contributed by atoms with Crippen molar-refractivity contribution in [3.05, 3.63) is 34.4 Å². The number of Topliss-reactive ketones (excluding diaryl/α,β-unsaturated/α-hetero) is 1. The molecule has 3 heteroatoms. The second-order valence-corrected chi connectivity index (χ2v) is 8.34. The Hall–Kier alpha value is -1.64. The molecule has 0 radical (unpaired) electrons. The van der Waals surface area contributed by atoms with E-state index in [2.05, 4.69) is 0 Å². The van der Waals surface area contributed by atoms with Gasteiger partial charge in [-0.25, -0.2) is 0 Å². The molecule has 1 aliphatic carbocycles. The van der Waals surface area contributed by atoms with Crippen LogP contribution in [0.4, 0.5) is 0 Å². The van der Waals surface area contributed by atoms with Crippen LogP contribution in [-0.4, -0.2) is 16.9 Å². The third-order valence-electron chi connectivity index (χ3n) is 5.77. The number of carboxylic acids is 1. The molecule has 1 N–H and O–H groups in total. The maximum absolute atomic E-state index is 13.7. The van der Waals surface area contributed by atoms with Gasteiger partial charge in [0.15, 0.2) is 5.78 Å². The number of benzene rings is 1. The molecule has 0 spiro atoms. The van der Waals surface area contributed by atoms with E-state index in [4.69, 9.17) is 0 Å². The van der Waals surface area contributed by atoms with Crippen molar-refractivity contribution >= 4 is 11.8 Å². The van der Waals surface area contributed by atoms with Gasteiger partial charge in [0.05, 0.1) is 5.92 Å². The van der Waals surface area contributed by atoms with E-state index >= 15 is 0 Å². The Kier molecular flexibility index (Phi) is 6.08. The summed E-state index contributed by atoms with van der Waals surface area (Å²) in [5.74, 6) is -1.09. The fraction of sp³-hybridized carbons (Fsp3) is 0.636. The molecule has 138 valence electrons. The lowest BCUT2D eigenvalue weighted by Crippen LogP contribution is -2.45. The van der Waals surface area contributed by atoms with Gasteiger partial charge in [0.1, 0.15) is 0 Å². The molecule has 1 aromatic carbocycles. The van der Waals surface area contributed by atoms with Crippen LogP contribution in [0.1, 0.15) is 79.4 Å². The highest BCUT2D eigenvalue weighted by molar-refractivity contribution is 6.05. The molecule has 1 fully saturated rings. The lowest BCUT2D eigenvalue weighted by molar-refractivity contribution is -0.147. The van der Waals surface area contributed by atoms with Crippen LogP contribution in [0.2, 0.25) is 0 Å². The average molecular weight is 344 g/mol. The fourth-order valence-electron chi connectivity index (χ4n) is 4.74. The van der Waals surface area contributed by atoms with Crippen LogP contribution in [0, 0.1) is 38.0 Å². The summed E-state index contributed by atoms with van der Waals surface area (Å²) in [4.78, 5) is 25.9. The van der Waals surface area contributed by atoms with E-state index in [0.717, 1.165) is 41.5 Å². The first-order valence-electron chi connectivity index (χ1n) is 9.54. The smallest absolute Gasteiger partial charge is 0.307 e. The summed E-state index contributed by atoms with van der Waals surface area (Å²) < 4.78 is 0. The van der Waals surface area contributed by atoms with Gasteiger partial charge in [-0.2, -0.15) is 0 Å². The van der Waals surface area contributed by atoms with E-state index in [-0.39, 0.29) is 11.7 Å². The van der Waals surface area contributed by atoms with Gasteiger partial charge in [-0.15, -0.1) is 0 Å². The van der Waals surface area contributed by atoms with Crippen molar-refractivity contribution in [1.82, 2.24) is 0 Å². The molecule has 0 saturated heterocycles. The molecule has 1 saturated carbocycles. The molecule has 1 aromatic rings. The van der Waals surface area contributed by atoms with Crippen molar-refractivity contribution in [2.24, 2.45) is 17.3 Å². The van der Waals surface area contributed by atoms with Crippen LogP contribution < -0.4 is 0 Å². The molecular weight excluding hydrogens is 312 g/mol. The Morgan fingerprint density at radius 2 is 1.56 bits per heavy atom. The van der Waals surface area contributed by atoms with Crippen LogP contribution in [0.25, 0.3) is 0 Å². The monoisotopic (exact) mass is 344 g/mol. The zero-order chi connectivity index (χ0) is 18.8. The number of ketones is 1. The summed E-state index contributed by atoms with van der Waals surface area (Å²) in [5.41, 5.74) is 3.09. The van der Waals surface area contributed by atoms with Crippen LogP contribution in [-0.2, 0) is 4.79 Å². The van der Waals surface area contributed by atoms with Crippen molar-refractivity contribution < 1.29 is 14.7 Å². The molecule has 0 aliphatic heterocycles. The van der Waals surface area contributed by atoms with Crippen LogP contribution in [0.15, 0.2) is 12.1 Å². The standard InChI is InChI=1S/C22H32O3/c1-14(2)11-18(21(24)25)22(9-7-6-8-10-22)20(23)19-16(4)12-15(3)13-17(19)5/h12-14,18H,6-11H2,1-5H3,(H,24,25). The Balaban J connectivity index is 2.57. The van der Waals surface area contributed by atoms with Crippen LogP contribution >= 0.6 is 0 Å². The predicted molar refractivity (Wildman–Crippen MR) is 101 cm³/mol. The minimum atomic E-state index is -0.814. The highest BCUT2D eigenvalue weighted by Gasteiger charge is 2.50. The second-order valence-electron chi connectivity index (χ2n) is 8.34. The Bertz CT molecular complexity index is 628. The van der Waals surface area contributed by atoms with Crippen molar-refractivity contribution in [2.75, 3.05) is 0 Å². The molecule has 1 atom stereocenters. The summed E-state index contributed by atoms with van der Waals surface area (Å²) in [6.07, 6.45) is 4.93. The molecule has 1 unspecified atom stereocenters. The third-order valence-corrected chi connectivity index (χ3v) is 5.77. The van der Waals surface area contributed by atoms with E-state index in [1.807, 2.05) is 46.8 Å². The molecule has 1 aliphatic rings. The number of carboxylic acid groups (broad SMARTS) is 1. The normalized spacial score (nSPS) is 18.2. The van der Waals surface area contributed by atoms with Crippen LogP contribution in [0.3, 0.4) is 0 Å². The first-order chi connectivity index (χ1) is 11.7.